The van der Waals surface area contributed by atoms with E-state index in [9.17, 15) is 0 Å². The van der Waals surface area contributed by atoms with E-state index < -0.39 is 0 Å². The van der Waals surface area contributed by atoms with Crippen LogP contribution in [0.2, 0.25) is 4.34 Å². The number of halogens is 2. The molecule has 0 spiro atoms. The lowest BCUT2D eigenvalue weighted by Gasteiger charge is -2.03. The molecule has 1 aromatic rings. The van der Waals surface area contributed by atoms with E-state index in [0.717, 1.165) is 15.8 Å². The maximum Gasteiger partial charge on any atom is 0.0960 e. The standard InChI is InChI=1S/C10H12Cl2S/c1-5-3-7(5)9(11)8-4-6(2)10(12)13-8/h4-5,7,9H,3H2,1-2H3. The van der Waals surface area contributed by atoms with Gasteiger partial charge < -0.3 is 0 Å². The molecular formula is C10H12Cl2S. The van der Waals surface area contributed by atoms with Crippen molar-refractivity contribution in [2.24, 2.45) is 11.8 Å². The largest absolute Gasteiger partial charge is 0.127 e. The average Bonchev–Trinajstić information content (AvgIpc) is 2.70. The van der Waals surface area contributed by atoms with E-state index >= 15 is 0 Å². The summed E-state index contributed by atoms with van der Waals surface area (Å²) >= 11 is 14.0. The lowest BCUT2D eigenvalue weighted by atomic mass is 10.2. The first kappa shape index (κ1) is 9.82. The highest BCUT2D eigenvalue weighted by molar-refractivity contribution is 7.16. The molecule has 0 bridgehead atoms. The molecule has 1 aromatic heterocycles. The number of hydrogen-bond donors (Lipinski definition) is 0. The van der Waals surface area contributed by atoms with Crippen molar-refractivity contribution in [2.45, 2.75) is 25.6 Å². The zero-order valence-corrected chi connectivity index (χ0v) is 10.0. The maximum absolute atomic E-state index is 6.34. The predicted octanol–water partition coefficient (Wildman–Crippen LogP) is 4.65. The Morgan fingerprint density at radius 2 is 2.23 bits per heavy atom. The Labute approximate surface area is 92.9 Å². The highest BCUT2D eigenvalue weighted by Crippen LogP contribution is 2.52. The summed E-state index contributed by atoms with van der Waals surface area (Å²) in [4.78, 5) is 1.23. The van der Waals surface area contributed by atoms with Gasteiger partial charge in [-0.3, -0.25) is 0 Å². The Bertz CT molecular complexity index is 299. The highest BCUT2D eigenvalue weighted by atomic mass is 35.5. The number of rotatable bonds is 2. The lowest BCUT2D eigenvalue weighted by Crippen LogP contribution is -1.90. The number of aryl methyl sites for hydroxylation is 1. The van der Waals surface area contributed by atoms with Gasteiger partial charge in [0.05, 0.1) is 9.71 Å². The van der Waals surface area contributed by atoms with Crippen molar-refractivity contribution in [2.75, 3.05) is 0 Å². The van der Waals surface area contributed by atoms with E-state index in [0.29, 0.717) is 5.92 Å². The smallest absolute Gasteiger partial charge is 0.0960 e. The van der Waals surface area contributed by atoms with Gasteiger partial charge in [-0.25, -0.2) is 0 Å². The predicted molar refractivity (Wildman–Crippen MR) is 59.9 cm³/mol. The number of thiophene rings is 1. The summed E-state index contributed by atoms with van der Waals surface area (Å²) in [6.45, 7) is 4.28. The fourth-order valence-corrected chi connectivity index (χ4v) is 3.41. The summed E-state index contributed by atoms with van der Waals surface area (Å²) in [5.74, 6) is 1.47. The van der Waals surface area contributed by atoms with E-state index in [1.807, 2.05) is 6.92 Å². The van der Waals surface area contributed by atoms with Crippen LogP contribution in [-0.2, 0) is 0 Å². The molecule has 1 fully saturated rings. The summed E-state index contributed by atoms with van der Waals surface area (Å²) < 4.78 is 0.883. The second-order valence-electron chi connectivity index (χ2n) is 3.88. The van der Waals surface area contributed by atoms with Crippen molar-refractivity contribution in [3.63, 3.8) is 0 Å². The van der Waals surface area contributed by atoms with Crippen LogP contribution in [0.4, 0.5) is 0 Å². The minimum atomic E-state index is 0.186. The third-order valence-corrected chi connectivity index (χ3v) is 5.02. The van der Waals surface area contributed by atoms with Gasteiger partial charge in [0.15, 0.2) is 0 Å². The van der Waals surface area contributed by atoms with Crippen LogP contribution in [0.1, 0.15) is 29.2 Å². The molecule has 0 nitrogen and oxygen atoms in total. The SMILES string of the molecule is Cc1cc(C(Cl)C2CC2C)sc1Cl. The summed E-state index contributed by atoms with van der Waals surface area (Å²) in [7, 11) is 0. The normalized spacial score (nSPS) is 28.9. The van der Waals surface area contributed by atoms with E-state index in [1.54, 1.807) is 11.3 Å². The van der Waals surface area contributed by atoms with Gasteiger partial charge in [0.1, 0.15) is 0 Å². The molecule has 0 saturated heterocycles. The molecule has 1 heterocycles. The molecule has 1 aliphatic carbocycles. The lowest BCUT2D eigenvalue weighted by molar-refractivity contribution is 0.731. The first-order chi connectivity index (χ1) is 6.09. The average molecular weight is 235 g/mol. The molecule has 0 amide bonds. The summed E-state index contributed by atoms with van der Waals surface area (Å²) in [6.07, 6.45) is 1.27. The van der Waals surface area contributed by atoms with Crippen LogP contribution in [0.15, 0.2) is 6.07 Å². The van der Waals surface area contributed by atoms with Crippen LogP contribution in [0.3, 0.4) is 0 Å². The zero-order valence-electron chi connectivity index (χ0n) is 7.68. The molecule has 0 aromatic carbocycles. The van der Waals surface area contributed by atoms with Gasteiger partial charge >= 0.3 is 0 Å². The second-order valence-corrected chi connectivity index (χ2v) is 6.04. The van der Waals surface area contributed by atoms with Gasteiger partial charge in [-0.05, 0) is 36.8 Å². The molecule has 2 rings (SSSR count). The molecule has 13 heavy (non-hydrogen) atoms. The maximum atomic E-state index is 6.34. The Hall–Kier alpha value is 0.280. The van der Waals surface area contributed by atoms with Crippen molar-refractivity contribution < 1.29 is 0 Å². The van der Waals surface area contributed by atoms with E-state index in [-0.39, 0.29) is 5.38 Å². The third-order valence-electron chi connectivity index (χ3n) is 2.70. The van der Waals surface area contributed by atoms with Crippen LogP contribution in [-0.4, -0.2) is 0 Å². The van der Waals surface area contributed by atoms with Gasteiger partial charge in [-0.1, -0.05) is 18.5 Å². The topological polar surface area (TPSA) is 0 Å². The van der Waals surface area contributed by atoms with Crippen molar-refractivity contribution in [1.82, 2.24) is 0 Å². The second kappa shape index (κ2) is 3.45. The number of hydrogen-bond acceptors (Lipinski definition) is 1. The van der Waals surface area contributed by atoms with Crippen LogP contribution in [0, 0.1) is 18.8 Å². The van der Waals surface area contributed by atoms with Crippen molar-refractivity contribution in [3.8, 4) is 0 Å². The Morgan fingerprint density at radius 1 is 1.62 bits per heavy atom. The third kappa shape index (κ3) is 1.88. The van der Waals surface area contributed by atoms with Gasteiger partial charge in [-0.2, -0.15) is 0 Å². The van der Waals surface area contributed by atoms with E-state index in [2.05, 4.69) is 13.0 Å². The Balaban J connectivity index is 2.16. The van der Waals surface area contributed by atoms with Gasteiger partial charge in [0.25, 0.3) is 0 Å². The van der Waals surface area contributed by atoms with Crippen LogP contribution in [0.25, 0.3) is 0 Å². The van der Waals surface area contributed by atoms with Crippen molar-refractivity contribution in [3.05, 3.63) is 20.8 Å². The Morgan fingerprint density at radius 3 is 2.62 bits per heavy atom. The minimum absolute atomic E-state index is 0.186. The van der Waals surface area contributed by atoms with E-state index in [1.165, 1.54) is 11.3 Å². The van der Waals surface area contributed by atoms with Crippen molar-refractivity contribution >= 4 is 34.5 Å². The molecule has 0 N–H and O–H groups in total. The van der Waals surface area contributed by atoms with Crippen molar-refractivity contribution in [1.29, 1.82) is 0 Å². The quantitative estimate of drug-likeness (QED) is 0.655. The van der Waals surface area contributed by atoms with E-state index in [4.69, 9.17) is 23.2 Å². The first-order valence-corrected chi connectivity index (χ1v) is 6.12. The molecule has 72 valence electrons. The first-order valence-electron chi connectivity index (χ1n) is 4.49. The molecule has 1 saturated carbocycles. The molecule has 1 aliphatic rings. The Kier molecular flexibility index (Phi) is 2.61. The molecule has 3 heteroatoms. The number of alkyl halides is 1. The van der Waals surface area contributed by atoms with Crippen LogP contribution >= 0.6 is 34.5 Å². The molecule has 3 atom stereocenters. The summed E-state index contributed by atoms with van der Waals surface area (Å²) in [5, 5.41) is 0.186. The van der Waals surface area contributed by atoms with Gasteiger partial charge in [0.2, 0.25) is 0 Å². The van der Waals surface area contributed by atoms with Gasteiger partial charge in [-0.15, -0.1) is 22.9 Å². The van der Waals surface area contributed by atoms with Crippen LogP contribution in [0.5, 0.6) is 0 Å². The fraction of sp³-hybridized carbons (Fsp3) is 0.600. The molecular weight excluding hydrogens is 223 g/mol. The fourth-order valence-electron chi connectivity index (χ4n) is 1.59. The summed E-state index contributed by atoms with van der Waals surface area (Å²) in [6, 6.07) is 2.12. The molecule has 0 aliphatic heterocycles. The molecule has 3 unspecified atom stereocenters. The minimum Gasteiger partial charge on any atom is -0.127 e. The van der Waals surface area contributed by atoms with Gasteiger partial charge in [0, 0.05) is 4.88 Å². The molecule has 0 radical (unpaired) electrons. The monoisotopic (exact) mass is 234 g/mol. The zero-order chi connectivity index (χ0) is 9.59. The summed E-state index contributed by atoms with van der Waals surface area (Å²) in [5.41, 5.74) is 1.15. The highest BCUT2D eigenvalue weighted by Gasteiger charge is 2.39. The van der Waals surface area contributed by atoms with Crippen LogP contribution < -0.4 is 0 Å².